The van der Waals surface area contributed by atoms with Crippen LogP contribution in [0.15, 0.2) is 0 Å². The largest absolute Gasteiger partial charge is 0.342 e. The summed E-state index contributed by atoms with van der Waals surface area (Å²) in [6.07, 6.45) is 8.39. The summed E-state index contributed by atoms with van der Waals surface area (Å²) < 4.78 is 0. The van der Waals surface area contributed by atoms with Crippen LogP contribution in [-0.2, 0) is 4.79 Å². The lowest BCUT2D eigenvalue weighted by Crippen LogP contribution is -2.34. The molecule has 0 spiro atoms. The monoisotopic (exact) mass is 239 g/mol. The molecule has 1 saturated heterocycles. The zero-order valence-electron chi connectivity index (χ0n) is 11.9. The molecule has 0 N–H and O–H groups in total. The Morgan fingerprint density at radius 1 is 1.29 bits per heavy atom. The van der Waals surface area contributed by atoms with E-state index in [1.807, 2.05) is 0 Å². The average molecular weight is 239 g/mol. The second kappa shape index (κ2) is 7.73. The van der Waals surface area contributed by atoms with Crippen LogP contribution >= 0.6 is 0 Å². The summed E-state index contributed by atoms with van der Waals surface area (Å²) in [4.78, 5) is 14.4. The van der Waals surface area contributed by atoms with Crippen molar-refractivity contribution in [3.63, 3.8) is 0 Å². The molecule has 0 aliphatic carbocycles. The van der Waals surface area contributed by atoms with E-state index in [1.54, 1.807) is 0 Å². The van der Waals surface area contributed by atoms with Crippen LogP contribution in [0, 0.1) is 11.8 Å². The third-order valence-corrected chi connectivity index (χ3v) is 3.98. The summed E-state index contributed by atoms with van der Waals surface area (Å²) in [7, 11) is 0. The van der Waals surface area contributed by atoms with Crippen LogP contribution in [0.4, 0.5) is 0 Å². The van der Waals surface area contributed by atoms with Crippen molar-refractivity contribution in [2.75, 3.05) is 13.1 Å². The van der Waals surface area contributed by atoms with E-state index in [4.69, 9.17) is 0 Å². The van der Waals surface area contributed by atoms with Crippen molar-refractivity contribution >= 4 is 5.91 Å². The first-order valence-corrected chi connectivity index (χ1v) is 7.47. The van der Waals surface area contributed by atoms with Gasteiger partial charge in [0, 0.05) is 19.0 Å². The highest BCUT2D eigenvalue weighted by atomic mass is 16.2. The molecule has 1 rings (SSSR count). The first kappa shape index (κ1) is 14.5. The normalized spacial score (nSPS) is 21.8. The summed E-state index contributed by atoms with van der Waals surface area (Å²) in [6.45, 7) is 8.61. The number of carbonyl (C=O) groups excluding carboxylic acids is 1. The highest BCUT2D eigenvalue weighted by Crippen LogP contribution is 2.22. The first-order chi connectivity index (χ1) is 8.19. The summed E-state index contributed by atoms with van der Waals surface area (Å²) >= 11 is 0. The van der Waals surface area contributed by atoms with Crippen LogP contribution in [0.25, 0.3) is 0 Å². The lowest BCUT2D eigenvalue weighted by molar-refractivity contribution is -0.135. The number of hydrogen-bond donors (Lipinski definition) is 0. The Labute approximate surface area is 107 Å². The molecule has 2 nitrogen and oxygen atoms in total. The van der Waals surface area contributed by atoms with Gasteiger partial charge in [-0.25, -0.2) is 0 Å². The second-order valence-electron chi connectivity index (χ2n) is 5.63. The van der Waals surface area contributed by atoms with Crippen LogP contribution in [0.5, 0.6) is 0 Å². The van der Waals surface area contributed by atoms with Crippen molar-refractivity contribution in [2.24, 2.45) is 11.8 Å². The topological polar surface area (TPSA) is 20.3 Å². The van der Waals surface area contributed by atoms with Crippen molar-refractivity contribution in [3.05, 3.63) is 0 Å². The van der Waals surface area contributed by atoms with Gasteiger partial charge < -0.3 is 4.90 Å². The Bertz CT molecular complexity index is 227. The third kappa shape index (κ3) is 4.69. The van der Waals surface area contributed by atoms with Gasteiger partial charge in [0.15, 0.2) is 0 Å². The minimum absolute atomic E-state index is 0.289. The molecule has 2 heteroatoms. The Morgan fingerprint density at radius 2 is 2.06 bits per heavy atom. The van der Waals surface area contributed by atoms with Gasteiger partial charge in [-0.3, -0.25) is 4.79 Å². The molecule has 2 atom stereocenters. The number of hydrogen-bond acceptors (Lipinski definition) is 1. The Morgan fingerprint density at radius 3 is 2.59 bits per heavy atom. The number of nitrogens with zero attached hydrogens (tertiary/aromatic N) is 1. The highest BCUT2D eigenvalue weighted by molar-refractivity contribution is 5.79. The summed E-state index contributed by atoms with van der Waals surface area (Å²) in [6, 6.07) is 0. The van der Waals surface area contributed by atoms with Crippen LogP contribution in [0.2, 0.25) is 0 Å². The maximum absolute atomic E-state index is 12.3. The van der Waals surface area contributed by atoms with Gasteiger partial charge in [0.05, 0.1) is 0 Å². The minimum atomic E-state index is 0.289. The smallest absolute Gasteiger partial charge is 0.225 e. The zero-order valence-corrected chi connectivity index (χ0v) is 11.9. The SMILES string of the molecule is CCCCCCC(CC)C(=O)N1CCC(C)C1. The van der Waals surface area contributed by atoms with Gasteiger partial charge in [0.2, 0.25) is 5.91 Å². The fourth-order valence-electron chi connectivity index (χ4n) is 2.71. The van der Waals surface area contributed by atoms with Crippen LogP contribution in [0.1, 0.15) is 65.7 Å². The van der Waals surface area contributed by atoms with E-state index in [-0.39, 0.29) is 5.92 Å². The van der Waals surface area contributed by atoms with E-state index < -0.39 is 0 Å². The maximum Gasteiger partial charge on any atom is 0.225 e. The van der Waals surface area contributed by atoms with Crippen LogP contribution in [0.3, 0.4) is 0 Å². The van der Waals surface area contributed by atoms with Gasteiger partial charge in [-0.2, -0.15) is 0 Å². The Kier molecular flexibility index (Phi) is 6.61. The Hall–Kier alpha value is -0.530. The molecule has 1 aliphatic heterocycles. The standard InChI is InChI=1S/C15H29NO/c1-4-6-7-8-9-14(5-2)15(17)16-11-10-13(3)12-16/h13-14H,4-12H2,1-3H3. The number of rotatable bonds is 7. The molecule has 100 valence electrons. The summed E-state index contributed by atoms with van der Waals surface area (Å²) in [5, 5.41) is 0. The highest BCUT2D eigenvalue weighted by Gasteiger charge is 2.27. The fraction of sp³-hybridized carbons (Fsp3) is 0.933. The van der Waals surface area contributed by atoms with Gasteiger partial charge in [-0.15, -0.1) is 0 Å². The van der Waals surface area contributed by atoms with Gasteiger partial charge in [-0.1, -0.05) is 46.5 Å². The molecule has 0 bridgehead atoms. The van der Waals surface area contributed by atoms with E-state index >= 15 is 0 Å². The molecule has 1 heterocycles. The van der Waals surface area contributed by atoms with Crippen molar-refractivity contribution in [2.45, 2.75) is 65.7 Å². The number of unbranched alkanes of at least 4 members (excludes halogenated alkanes) is 3. The summed E-state index contributed by atoms with van der Waals surface area (Å²) in [5.74, 6) is 1.42. The van der Waals surface area contributed by atoms with Crippen molar-refractivity contribution in [3.8, 4) is 0 Å². The maximum atomic E-state index is 12.3. The molecule has 1 amide bonds. The average Bonchev–Trinajstić information content (AvgIpc) is 2.75. The molecule has 0 radical (unpaired) electrons. The van der Waals surface area contributed by atoms with Crippen molar-refractivity contribution in [1.82, 2.24) is 4.90 Å². The Balaban J connectivity index is 2.30. The summed E-state index contributed by atoms with van der Waals surface area (Å²) in [5.41, 5.74) is 0. The van der Waals surface area contributed by atoms with Gasteiger partial charge in [0.25, 0.3) is 0 Å². The van der Waals surface area contributed by atoms with Gasteiger partial charge >= 0.3 is 0 Å². The van der Waals surface area contributed by atoms with E-state index in [0.29, 0.717) is 11.8 Å². The predicted octanol–water partition coefficient (Wildman–Crippen LogP) is 3.85. The number of amides is 1. The lowest BCUT2D eigenvalue weighted by atomic mass is 9.97. The molecular formula is C15H29NO. The molecular weight excluding hydrogens is 210 g/mol. The number of likely N-dealkylation sites (tertiary alicyclic amines) is 1. The lowest BCUT2D eigenvalue weighted by Gasteiger charge is -2.22. The molecule has 1 aliphatic rings. The van der Waals surface area contributed by atoms with E-state index in [1.165, 1.54) is 32.1 Å². The van der Waals surface area contributed by atoms with E-state index in [2.05, 4.69) is 25.7 Å². The zero-order chi connectivity index (χ0) is 12.7. The molecule has 0 saturated carbocycles. The quantitative estimate of drug-likeness (QED) is 0.618. The van der Waals surface area contributed by atoms with Gasteiger partial charge in [0.1, 0.15) is 0 Å². The minimum Gasteiger partial charge on any atom is -0.342 e. The second-order valence-corrected chi connectivity index (χ2v) is 5.63. The first-order valence-electron chi connectivity index (χ1n) is 7.47. The van der Waals surface area contributed by atoms with Crippen molar-refractivity contribution < 1.29 is 4.79 Å². The van der Waals surface area contributed by atoms with Crippen molar-refractivity contribution in [1.29, 1.82) is 0 Å². The molecule has 0 aromatic carbocycles. The third-order valence-electron chi connectivity index (χ3n) is 3.98. The molecule has 17 heavy (non-hydrogen) atoms. The molecule has 0 aromatic heterocycles. The van der Waals surface area contributed by atoms with E-state index in [9.17, 15) is 4.79 Å². The molecule has 1 fully saturated rings. The van der Waals surface area contributed by atoms with Gasteiger partial charge in [-0.05, 0) is 25.2 Å². The molecule has 2 unspecified atom stereocenters. The van der Waals surface area contributed by atoms with E-state index in [0.717, 1.165) is 25.9 Å². The fourth-order valence-corrected chi connectivity index (χ4v) is 2.71. The number of carbonyl (C=O) groups is 1. The van der Waals surface area contributed by atoms with Crippen LogP contribution < -0.4 is 0 Å². The molecule has 0 aromatic rings. The van der Waals surface area contributed by atoms with Crippen LogP contribution in [-0.4, -0.2) is 23.9 Å². The predicted molar refractivity (Wildman–Crippen MR) is 72.9 cm³/mol.